The molecule has 0 heterocycles. The molecule has 148 valence electrons. The van der Waals surface area contributed by atoms with Gasteiger partial charge in [-0.1, -0.05) is 121 Å². The monoisotopic (exact) mass is 392 g/mol. The highest BCUT2D eigenvalue weighted by molar-refractivity contribution is 5.85. The lowest BCUT2D eigenvalue weighted by Crippen LogP contribution is -2.50. The van der Waals surface area contributed by atoms with Gasteiger partial charge in [-0.3, -0.25) is 4.79 Å². The van der Waals surface area contributed by atoms with E-state index in [2.05, 4.69) is 5.32 Å². The smallest absolute Gasteiger partial charge is 0.242 e. The molecule has 0 spiro atoms. The topological polar surface area (TPSA) is 55.1 Å². The van der Waals surface area contributed by atoms with Gasteiger partial charge >= 0.3 is 0 Å². The van der Waals surface area contributed by atoms with Crippen molar-refractivity contribution in [1.29, 1.82) is 0 Å². The molecule has 0 saturated heterocycles. The Bertz CT molecular complexity index is 984. The fourth-order valence-corrected chi connectivity index (χ4v) is 3.86. The summed E-state index contributed by atoms with van der Waals surface area (Å²) in [7, 11) is 0. The number of rotatable bonds is 6. The predicted octanol–water partition coefficient (Wildman–Crippen LogP) is 4.79. The summed E-state index contributed by atoms with van der Waals surface area (Å²) >= 11 is 0. The summed E-state index contributed by atoms with van der Waals surface area (Å²) in [5, 5.41) is 3.31. The van der Waals surface area contributed by atoms with Crippen LogP contribution in [0, 0.1) is 0 Å². The molecule has 4 aromatic carbocycles. The molecule has 0 unspecified atom stereocenters. The van der Waals surface area contributed by atoms with Crippen molar-refractivity contribution >= 4 is 5.91 Å². The Morgan fingerprint density at radius 2 is 0.933 bits per heavy atom. The molecule has 0 radical (unpaired) electrons. The quantitative estimate of drug-likeness (QED) is 0.463. The van der Waals surface area contributed by atoms with Crippen LogP contribution in [0.25, 0.3) is 0 Å². The first-order valence-electron chi connectivity index (χ1n) is 10.0. The van der Waals surface area contributed by atoms with Crippen molar-refractivity contribution in [3.63, 3.8) is 0 Å². The average Bonchev–Trinajstić information content (AvgIpc) is 2.84. The summed E-state index contributed by atoms with van der Waals surface area (Å²) in [5.41, 5.74) is 9.18. The lowest BCUT2D eigenvalue weighted by Gasteiger charge is -2.37. The Balaban J connectivity index is 1.88. The van der Waals surface area contributed by atoms with E-state index < -0.39 is 11.6 Å². The Morgan fingerprint density at radius 3 is 1.30 bits per heavy atom. The maximum atomic E-state index is 13.4. The van der Waals surface area contributed by atoms with Gasteiger partial charge in [-0.15, -0.1) is 0 Å². The lowest BCUT2D eigenvalue weighted by atomic mass is 9.76. The summed E-state index contributed by atoms with van der Waals surface area (Å²) < 4.78 is 0. The molecule has 0 bridgehead atoms. The summed E-state index contributed by atoms with van der Waals surface area (Å²) in [6, 6.07) is 38.7. The van der Waals surface area contributed by atoms with Gasteiger partial charge in [-0.05, 0) is 22.3 Å². The molecule has 4 rings (SSSR count). The molecule has 4 aromatic rings. The van der Waals surface area contributed by atoms with Crippen molar-refractivity contribution in [3.8, 4) is 0 Å². The van der Waals surface area contributed by atoms with Gasteiger partial charge < -0.3 is 11.1 Å². The summed E-state index contributed by atoms with van der Waals surface area (Å²) in [6.07, 6.45) is 0. The van der Waals surface area contributed by atoms with E-state index in [0.29, 0.717) is 0 Å². The van der Waals surface area contributed by atoms with E-state index in [0.717, 1.165) is 22.3 Å². The van der Waals surface area contributed by atoms with Gasteiger partial charge in [0.25, 0.3) is 0 Å². The normalized spacial score (nSPS) is 12.2. The number of nitrogens with two attached hydrogens (primary N) is 1. The molecule has 3 nitrogen and oxygen atoms in total. The largest absolute Gasteiger partial charge is 0.337 e. The van der Waals surface area contributed by atoms with Gasteiger partial charge in [0.15, 0.2) is 0 Å². The zero-order valence-electron chi connectivity index (χ0n) is 16.6. The lowest BCUT2D eigenvalue weighted by molar-refractivity contribution is -0.123. The van der Waals surface area contributed by atoms with Gasteiger partial charge in [-0.2, -0.15) is 0 Å². The highest BCUT2D eigenvalue weighted by Gasteiger charge is 2.38. The summed E-state index contributed by atoms with van der Waals surface area (Å²) in [5.74, 6) is -0.238. The molecule has 0 fully saturated rings. The van der Waals surface area contributed by atoms with Crippen molar-refractivity contribution < 1.29 is 4.79 Å². The number of amides is 1. The maximum absolute atomic E-state index is 13.4. The molecule has 0 aromatic heterocycles. The number of carbonyl (C=O) groups is 1. The van der Waals surface area contributed by atoms with Crippen molar-refractivity contribution in [1.82, 2.24) is 5.32 Å². The van der Waals surface area contributed by atoms with Gasteiger partial charge in [0.1, 0.15) is 11.6 Å². The van der Waals surface area contributed by atoms with Crippen LogP contribution in [-0.2, 0) is 10.3 Å². The third-order valence-corrected chi connectivity index (χ3v) is 5.37. The Hall–Kier alpha value is -3.69. The second-order valence-electron chi connectivity index (χ2n) is 7.23. The molecule has 0 aliphatic rings. The van der Waals surface area contributed by atoms with Crippen molar-refractivity contribution in [2.24, 2.45) is 5.73 Å². The van der Waals surface area contributed by atoms with Crippen LogP contribution in [0.15, 0.2) is 121 Å². The van der Waals surface area contributed by atoms with Gasteiger partial charge in [0.2, 0.25) is 5.91 Å². The molecule has 0 aliphatic carbocycles. The van der Waals surface area contributed by atoms with Gasteiger partial charge in [0.05, 0.1) is 0 Å². The zero-order chi connectivity index (χ0) is 20.8. The van der Waals surface area contributed by atoms with E-state index in [-0.39, 0.29) is 5.91 Å². The number of nitrogens with one attached hydrogen (secondary N) is 1. The number of hydrogen-bond donors (Lipinski definition) is 2. The van der Waals surface area contributed by atoms with E-state index in [1.807, 2.05) is 121 Å². The molecule has 3 heteroatoms. The molecule has 30 heavy (non-hydrogen) atoms. The van der Waals surface area contributed by atoms with Crippen molar-refractivity contribution in [2.75, 3.05) is 0 Å². The van der Waals surface area contributed by atoms with E-state index >= 15 is 0 Å². The molecule has 1 atom stereocenters. The minimum absolute atomic E-state index is 0.238. The molecular weight excluding hydrogens is 368 g/mol. The molecule has 3 N–H and O–H groups in total. The predicted molar refractivity (Wildman–Crippen MR) is 121 cm³/mol. The van der Waals surface area contributed by atoms with E-state index in [1.165, 1.54) is 0 Å². The Kier molecular flexibility index (Phi) is 5.73. The van der Waals surface area contributed by atoms with E-state index in [4.69, 9.17) is 5.73 Å². The third-order valence-electron chi connectivity index (χ3n) is 5.37. The van der Waals surface area contributed by atoms with Crippen LogP contribution < -0.4 is 11.1 Å². The fraction of sp³-hybridized carbons (Fsp3) is 0.0741. The van der Waals surface area contributed by atoms with Crippen LogP contribution in [0.2, 0.25) is 0 Å². The van der Waals surface area contributed by atoms with Crippen LogP contribution in [0.4, 0.5) is 0 Å². The fourth-order valence-electron chi connectivity index (χ4n) is 3.86. The van der Waals surface area contributed by atoms with Crippen LogP contribution in [-0.4, -0.2) is 5.91 Å². The molecule has 0 aliphatic heterocycles. The Morgan fingerprint density at radius 1 is 0.600 bits per heavy atom. The zero-order valence-corrected chi connectivity index (χ0v) is 16.6. The van der Waals surface area contributed by atoms with E-state index in [1.54, 1.807) is 0 Å². The van der Waals surface area contributed by atoms with Crippen LogP contribution >= 0.6 is 0 Å². The highest BCUT2D eigenvalue weighted by Crippen LogP contribution is 2.37. The van der Waals surface area contributed by atoms with E-state index in [9.17, 15) is 4.79 Å². The third kappa shape index (κ3) is 3.76. The molecule has 1 amide bonds. The first kappa shape index (κ1) is 19.6. The number of carbonyl (C=O) groups excluding carboxylic acids is 1. The van der Waals surface area contributed by atoms with Crippen molar-refractivity contribution in [2.45, 2.75) is 11.6 Å². The average molecular weight is 393 g/mol. The molecule has 0 saturated carbocycles. The summed E-state index contributed by atoms with van der Waals surface area (Å²) in [6.45, 7) is 0. The Labute approximate surface area is 177 Å². The SMILES string of the molecule is N[C@@H](C(=O)NC(c1ccccc1)(c1ccccc1)c1ccccc1)c1ccccc1. The summed E-state index contributed by atoms with van der Waals surface area (Å²) in [4.78, 5) is 13.4. The van der Waals surface area contributed by atoms with Gasteiger partial charge in [-0.25, -0.2) is 0 Å². The minimum atomic E-state index is -0.868. The first-order valence-corrected chi connectivity index (χ1v) is 10.0. The highest BCUT2D eigenvalue weighted by atomic mass is 16.2. The maximum Gasteiger partial charge on any atom is 0.242 e. The van der Waals surface area contributed by atoms with Crippen molar-refractivity contribution in [3.05, 3.63) is 144 Å². The standard InChI is InChI=1S/C27H24N2O/c28-25(21-13-5-1-6-14-21)26(30)29-27(22-15-7-2-8-16-22,23-17-9-3-10-18-23)24-19-11-4-12-20-24/h1-20,25H,28H2,(H,29,30)/t25-/m1/s1. The van der Waals surface area contributed by atoms with Crippen LogP contribution in [0.3, 0.4) is 0 Å². The number of benzene rings is 4. The number of hydrogen-bond acceptors (Lipinski definition) is 2. The minimum Gasteiger partial charge on any atom is -0.337 e. The molecular formula is C27H24N2O. The second kappa shape index (κ2) is 8.76. The van der Waals surface area contributed by atoms with Gasteiger partial charge in [0, 0.05) is 0 Å². The van der Waals surface area contributed by atoms with Crippen LogP contribution in [0.1, 0.15) is 28.3 Å². The van der Waals surface area contributed by atoms with Crippen LogP contribution in [0.5, 0.6) is 0 Å². The first-order chi connectivity index (χ1) is 14.7. The second-order valence-corrected chi connectivity index (χ2v) is 7.23.